The van der Waals surface area contributed by atoms with Crippen molar-refractivity contribution in [2.45, 2.75) is 39.2 Å². The molecule has 1 unspecified atom stereocenters. The number of piperidine rings is 1. The van der Waals surface area contributed by atoms with E-state index in [9.17, 15) is 4.79 Å². The zero-order valence-corrected chi connectivity index (χ0v) is 10.4. The van der Waals surface area contributed by atoms with Gasteiger partial charge in [0.2, 0.25) is 0 Å². The van der Waals surface area contributed by atoms with Gasteiger partial charge in [0.25, 0.3) is 0 Å². The Kier molecular flexibility index (Phi) is 5.77. The molecular formula is C12H24N2O2. The van der Waals surface area contributed by atoms with E-state index in [-0.39, 0.29) is 6.54 Å². The Hall–Kier alpha value is -0.610. The first-order chi connectivity index (χ1) is 7.58. The Morgan fingerprint density at radius 3 is 2.94 bits per heavy atom. The summed E-state index contributed by atoms with van der Waals surface area (Å²) in [5.41, 5.74) is 0. The molecule has 4 nitrogen and oxygen atoms in total. The van der Waals surface area contributed by atoms with Gasteiger partial charge in [-0.2, -0.15) is 0 Å². The first-order valence-electron chi connectivity index (χ1n) is 6.25. The SMILES string of the molecule is CC(C)CCNC1CCCN(CC(=O)O)C1. The molecule has 1 aliphatic rings. The average molecular weight is 228 g/mol. The second-order valence-corrected chi connectivity index (χ2v) is 5.10. The van der Waals surface area contributed by atoms with E-state index in [4.69, 9.17) is 5.11 Å². The minimum absolute atomic E-state index is 0.183. The monoisotopic (exact) mass is 228 g/mol. The zero-order valence-electron chi connectivity index (χ0n) is 10.4. The Bertz CT molecular complexity index is 219. The number of nitrogens with zero attached hydrogens (tertiary/aromatic N) is 1. The molecule has 1 fully saturated rings. The summed E-state index contributed by atoms with van der Waals surface area (Å²) >= 11 is 0. The van der Waals surface area contributed by atoms with Gasteiger partial charge in [0.15, 0.2) is 0 Å². The van der Waals surface area contributed by atoms with E-state index in [2.05, 4.69) is 19.2 Å². The molecule has 4 heteroatoms. The smallest absolute Gasteiger partial charge is 0.317 e. The molecule has 0 radical (unpaired) electrons. The summed E-state index contributed by atoms with van der Waals surface area (Å²) in [7, 11) is 0. The average Bonchev–Trinajstić information content (AvgIpc) is 2.16. The third-order valence-corrected chi connectivity index (χ3v) is 3.02. The Morgan fingerprint density at radius 1 is 1.56 bits per heavy atom. The van der Waals surface area contributed by atoms with Crippen LogP contribution in [0.5, 0.6) is 0 Å². The lowest BCUT2D eigenvalue weighted by Gasteiger charge is -2.32. The summed E-state index contributed by atoms with van der Waals surface area (Å²) in [6.45, 7) is 7.48. The van der Waals surface area contributed by atoms with Gasteiger partial charge in [0.05, 0.1) is 6.54 Å². The molecule has 0 spiro atoms. The lowest BCUT2D eigenvalue weighted by molar-refractivity contribution is -0.138. The van der Waals surface area contributed by atoms with Crippen molar-refractivity contribution < 1.29 is 9.90 Å². The van der Waals surface area contributed by atoms with Crippen LogP contribution >= 0.6 is 0 Å². The van der Waals surface area contributed by atoms with Crippen molar-refractivity contribution in [2.75, 3.05) is 26.2 Å². The fourth-order valence-corrected chi connectivity index (χ4v) is 2.13. The van der Waals surface area contributed by atoms with E-state index < -0.39 is 5.97 Å². The molecule has 0 aliphatic carbocycles. The van der Waals surface area contributed by atoms with Crippen LogP contribution in [0.4, 0.5) is 0 Å². The van der Waals surface area contributed by atoms with Crippen molar-refractivity contribution in [2.24, 2.45) is 5.92 Å². The molecule has 16 heavy (non-hydrogen) atoms. The minimum Gasteiger partial charge on any atom is -0.480 e. The number of carbonyl (C=O) groups is 1. The standard InChI is InChI=1S/C12H24N2O2/c1-10(2)5-6-13-11-4-3-7-14(8-11)9-12(15)16/h10-11,13H,3-9H2,1-2H3,(H,15,16). The molecule has 0 aromatic carbocycles. The highest BCUT2D eigenvalue weighted by atomic mass is 16.4. The van der Waals surface area contributed by atoms with Gasteiger partial charge in [-0.05, 0) is 38.3 Å². The van der Waals surface area contributed by atoms with Gasteiger partial charge >= 0.3 is 5.97 Å². The fraction of sp³-hybridized carbons (Fsp3) is 0.917. The number of rotatable bonds is 6. The molecule has 1 heterocycles. The number of aliphatic carboxylic acids is 1. The van der Waals surface area contributed by atoms with E-state index in [1.54, 1.807) is 0 Å². The predicted octanol–water partition coefficient (Wildman–Crippen LogP) is 1.17. The molecule has 0 amide bonds. The summed E-state index contributed by atoms with van der Waals surface area (Å²) in [6.07, 6.45) is 3.47. The highest BCUT2D eigenvalue weighted by molar-refractivity contribution is 5.69. The molecule has 0 aromatic heterocycles. The van der Waals surface area contributed by atoms with E-state index >= 15 is 0 Å². The highest BCUT2D eigenvalue weighted by Gasteiger charge is 2.20. The van der Waals surface area contributed by atoms with Gasteiger partial charge in [-0.25, -0.2) is 0 Å². The van der Waals surface area contributed by atoms with Crippen molar-refractivity contribution in [3.63, 3.8) is 0 Å². The third-order valence-electron chi connectivity index (χ3n) is 3.02. The fourth-order valence-electron chi connectivity index (χ4n) is 2.13. The number of hydrogen-bond acceptors (Lipinski definition) is 3. The topological polar surface area (TPSA) is 52.6 Å². The van der Waals surface area contributed by atoms with Gasteiger partial charge in [-0.15, -0.1) is 0 Å². The van der Waals surface area contributed by atoms with Crippen molar-refractivity contribution >= 4 is 5.97 Å². The zero-order chi connectivity index (χ0) is 12.0. The maximum absolute atomic E-state index is 10.6. The molecule has 94 valence electrons. The van der Waals surface area contributed by atoms with Crippen molar-refractivity contribution in [3.05, 3.63) is 0 Å². The van der Waals surface area contributed by atoms with E-state index in [0.717, 1.165) is 32.0 Å². The molecule has 0 bridgehead atoms. The van der Waals surface area contributed by atoms with Crippen LogP contribution in [0.1, 0.15) is 33.1 Å². The highest BCUT2D eigenvalue weighted by Crippen LogP contribution is 2.10. The van der Waals surface area contributed by atoms with Gasteiger partial charge in [-0.1, -0.05) is 13.8 Å². The predicted molar refractivity (Wildman–Crippen MR) is 64.6 cm³/mol. The number of hydrogen-bond donors (Lipinski definition) is 2. The third kappa shape index (κ3) is 5.47. The van der Waals surface area contributed by atoms with Crippen LogP contribution in [0, 0.1) is 5.92 Å². The molecular weight excluding hydrogens is 204 g/mol. The molecule has 1 aliphatic heterocycles. The van der Waals surface area contributed by atoms with Gasteiger partial charge in [0.1, 0.15) is 0 Å². The van der Waals surface area contributed by atoms with Crippen LogP contribution in [0.3, 0.4) is 0 Å². The molecule has 1 saturated heterocycles. The van der Waals surface area contributed by atoms with Crippen LogP contribution in [0.2, 0.25) is 0 Å². The first kappa shape index (κ1) is 13.5. The van der Waals surface area contributed by atoms with Gasteiger partial charge in [-0.3, -0.25) is 9.69 Å². The Balaban J connectivity index is 2.19. The number of likely N-dealkylation sites (tertiary alicyclic amines) is 1. The van der Waals surface area contributed by atoms with E-state index in [1.165, 1.54) is 12.8 Å². The number of nitrogens with one attached hydrogen (secondary N) is 1. The molecule has 1 atom stereocenters. The molecule has 2 N–H and O–H groups in total. The van der Waals surface area contributed by atoms with E-state index in [1.807, 2.05) is 4.90 Å². The summed E-state index contributed by atoms with van der Waals surface area (Å²) in [5.74, 6) is 0.00837. The van der Waals surface area contributed by atoms with Crippen LogP contribution < -0.4 is 5.32 Å². The van der Waals surface area contributed by atoms with Crippen molar-refractivity contribution in [1.29, 1.82) is 0 Å². The molecule has 0 saturated carbocycles. The number of carboxylic acids is 1. The minimum atomic E-state index is -0.720. The van der Waals surface area contributed by atoms with Crippen LogP contribution in [0.15, 0.2) is 0 Å². The summed E-state index contributed by atoms with van der Waals surface area (Å²) in [6, 6.07) is 0.479. The number of carboxylic acid groups (broad SMARTS) is 1. The van der Waals surface area contributed by atoms with Gasteiger partial charge < -0.3 is 10.4 Å². The summed E-state index contributed by atoms with van der Waals surface area (Å²) < 4.78 is 0. The second-order valence-electron chi connectivity index (χ2n) is 5.10. The van der Waals surface area contributed by atoms with E-state index in [0.29, 0.717) is 6.04 Å². The maximum Gasteiger partial charge on any atom is 0.317 e. The maximum atomic E-state index is 10.6. The normalized spacial score (nSPS) is 22.6. The Labute approximate surface area is 98.0 Å². The largest absolute Gasteiger partial charge is 0.480 e. The van der Waals surface area contributed by atoms with Gasteiger partial charge in [0, 0.05) is 12.6 Å². The second kappa shape index (κ2) is 6.86. The van der Waals surface area contributed by atoms with Crippen LogP contribution in [-0.2, 0) is 4.79 Å². The van der Waals surface area contributed by atoms with Crippen molar-refractivity contribution in [1.82, 2.24) is 10.2 Å². The van der Waals surface area contributed by atoms with Crippen LogP contribution in [0.25, 0.3) is 0 Å². The lowest BCUT2D eigenvalue weighted by atomic mass is 10.0. The van der Waals surface area contributed by atoms with Crippen LogP contribution in [-0.4, -0.2) is 48.2 Å². The first-order valence-corrected chi connectivity index (χ1v) is 6.25. The summed E-state index contributed by atoms with van der Waals surface area (Å²) in [5, 5.41) is 12.3. The lowest BCUT2D eigenvalue weighted by Crippen LogP contribution is -2.47. The van der Waals surface area contributed by atoms with Crippen molar-refractivity contribution in [3.8, 4) is 0 Å². The molecule has 0 aromatic rings. The summed E-state index contributed by atoms with van der Waals surface area (Å²) in [4.78, 5) is 12.6. The molecule has 1 rings (SSSR count). The Morgan fingerprint density at radius 2 is 2.31 bits per heavy atom. The quantitative estimate of drug-likeness (QED) is 0.716.